The molecule has 0 aliphatic carbocycles. The van der Waals surface area contributed by atoms with E-state index in [0.29, 0.717) is 5.82 Å². The number of likely N-dealkylation sites (tertiary alicyclic amines) is 1. The van der Waals surface area contributed by atoms with Crippen LogP contribution in [0.4, 0.5) is 11.6 Å². The van der Waals surface area contributed by atoms with Crippen molar-refractivity contribution in [1.82, 2.24) is 14.9 Å². The second-order valence-corrected chi connectivity index (χ2v) is 5.87. The van der Waals surface area contributed by atoms with E-state index < -0.39 is 0 Å². The Balaban J connectivity index is 1.60. The maximum Gasteiger partial charge on any atom is 0.241 e. The summed E-state index contributed by atoms with van der Waals surface area (Å²) in [4.78, 5) is 24.5. The van der Waals surface area contributed by atoms with Crippen LogP contribution in [0.1, 0.15) is 25.7 Å². The predicted octanol–water partition coefficient (Wildman–Crippen LogP) is 0.472. The van der Waals surface area contributed by atoms with E-state index in [9.17, 15) is 9.90 Å². The minimum atomic E-state index is 0.118. The number of carbonyl (C=O) groups excluding carboxylic acids is 1. The van der Waals surface area contributed by atoms with Crippen LogP contribution in [0.2, 0.25) is 0 Å². The van der Waals surface area contributed by atoms with Gasteiger partial charge in [-0.15, -0.1) is 0 Å². The summed E-state index contributed by atoms with van der Waals surface area (Å²) in [6.07, 6.45) is 5.74. The zero-order valence-corrected chi connectivity index (χ0v) is 12.7. The van der Waals surface area contributed by atoms with Crippen LogP contribution in [0.15, 0.2) is 12.4 Å². The van der Waals surface area contributed by atoms with E-state index >= 15 is 0 Å². The van der Waals surface area contributed by atoms with Crippen molar-refractivity contribution < 1.29 is 9.90 Å². The number of anilines is 2. The fourth-order valence-corrected chi connectivity index (χ4v) is 3.17. The van der Waals surface area contributed by atoms with Gasteiger partial charge in [0, 0.05) is 25.7 Å². The van der Waals surface area contributed by atoms with E-state index in [1.165, 1.54) is 6.33 Å². The summed E-state index contributed by atoms with van der Waals surface area (Å²) >= 11 is 0. The van der Waals surface area contributed by atoms with Crippen LogP contribution in [0.3, 0.4) is 0 Å². The van der Waals surface area contributed by atoms with Crippen LogP contribution >= 0.6 is 0 Å². The monoisotopic (exact) mass is 305 g/mol. The Hall–Kier alpha value is -1.89. The Morgan fingerprint density at radius 3 is 2.86 bits per heavy atom. The molecule has 3 rings (SSSR count). The first-order chi connectivity index (χ1) is 10.8. The van der Waals surface area contributed by atoms with Gasteiger partial charge in [-0.3, -0.25) is 4.79 Å². The molecule has 7 nitrogen and oxygen atoms in total. The number of hydrogen-bond acceptors (Lipinski definition) is 6. The summed E-state index contributed by atoms with van der Waals surface area (Å²) in [6, 6.07) is 1.99. The van der Waals surface area contributed by atoms with Crippen molar-refractivity contribution in [2.75, 3.05) is 43.0 Å². The van der Waals surface area contributed by atoms with E-state index in [1.54, 1.807) is 0 Å². The summed E-state index contributed by atoms with van der Waals surface area (Å²) in [5.41, 5.74) is 0. The van der Waals surface area contributed by atoms with Crippen molar-refractivity contribution in [3.05, 3.63) is 12.4 Å². The Bertz CT molecular complexity index is 518. The lowest BCUT2D eigenvalue weighted by Gasteiger charge is -2.24. The lowest BCUT2D eigenvalue weighted by molar-refractivity contribution is -0.128. The molecule has 0 spiro atoms. The molecule has 1 amide bonds. The third-order valence-corrected chi connectivity index (χ3v) is 4.41. The molecule has 7 heteroatoms. The molecule has 120 valence electrons. The molecule has 3 heterocycles. The number of nitrogens with one attached hydrogen (secondary N) is 1. The molecule has 1 atom stereocenters. The largest absolute Gasteiger partial charge is 0.394 e. The maximum atomic E-state index is 12.0. The van der Waals surface area contributed by atoms with Gasteiger partial charge in [0.2, 0.25) is 5.91 Å². The van der Waals surface area contributed by atoms with Crippen molar-refractivity contribution in [2.45, 2.75) is 31.7 Å². The molecule has 0 radical (unpaired) electrons. The fourth-order valence-electron chi connectivity index (χ4n) is 3.17. The van der Waals surface area contributed by atoms with Gasteiger partial charge in [-0.2, -0.15) is 0 Å². The molecule has 2 aliphatic rings. The van der Waals surface area contributed by atoms with Crippen LogP contribution < -0.4 is 10.2 Å². The summed E-state index contributed by atoms with van der Waals surface area (Å²) in [7, 11) is 0. The van der Waals surface area contributed by atoms with E-state index in [4.69, 9.17) is 0 Å². The number of nitrogens with zero attached hydrogens (tertiary/aromatic N) is 4. The maximum absolute atomic E-state index is 12.0. The number of aromatic nitrogens is 2. The van der Waals surface area contributed by atoms with Gasteiger partial charge < -0.3 is 20.2 Å². The summed E-state index contributed by atoms with van der Waals surface area (Å²) in [6.45, 7) is 3.03. The summed E-state index contributed by atoms with van der Waals surface area (Å²) in [5, 5.41) is 12.5. The van der Waals surface area contributed by atoms with Crippen molar-refractivity contribution in [2.24, 2.45) is 0 Å². The van der Waals surface area contributed by atoms with Gasteiger partial charge in [0.15, 0.2) is 0 Å². The van der Waals surface area contributed by atoms with Gasteiger partial charge in [-0.25, -0.2) is 9.97 Å². The molecule has 0 unspecified atom stereocenters. The third kappa shape index (κ3) is 3.30. The summed E-state index contributed by atoms with van der Waals surface area (Å²) in [5.74, 6) is 1.58. The Morgan fingerprint density at radius 1 is 1.27 bits per heavy atom. The second kappa shape index (κ2) is 6.91. The molecule has 0 bridgehead atoms. The average molecular weight is 305 g/mol. The smallest absolute Gasteiger partial charge is 0.241 e. The number of carbonyl (C=O) groups is 1. The highest BCUT2D eigenvalue weighted by atomic mass is 16.3. The van der Waals surface area contributed by atoms with Crippen molar-refractivity contribution in [3.63, 3.8) is 0 Å². The van der Waals surface area contributed by atoms with E-state index in [-0.39, 0.29) is 25.1 Å². The highest BCUT2D eigenvalue weighted by Gasteiger charge is 2.25. The molecule has 22 heavy (non-hydrogen) atoms. The second-order valence-electron chi connectivity index (χ2n) is 5.87. The molecular formula is C15H23N5O2. The summed E-state index contributed by atoms with van der Waals surface area (Å²) < 4.78 is 0. The topological polar surface area (TPSA) is 81.6 Å². The minimum absolute atomic E-state index is 0.118. The van der Waals surface area contributed by atoms with Crippen LogP contribution in [0, 0.1) is 0 Å². The van der Waals surface area contributed by atoms with Gasteiger partial charge in [0.25, 0.3) is 0 Å². The third-order valence-electron chi connectivity index (χ3n) is 4.41. The normalized spacial score (nSPS) is 21.4. The van der Waals surface area contributed by atoms with E-state index in [0.717, 1.165) is 51.1 Å². The van der Waals surface area contributed by atoms with Crippen LogP contribution in [-0.2, 0) is 4.79 Å². The zero-order valence-electron chi connectivity index (χ0n) is 12.7. The first-order valence-corrected chi connectivity index (χ1v) is 7.99. The lowest BCUT2D eigenvalue weighted by Crippen LogP contribution is -2.34. The number of aliphatic hydroxyl groups excluding tert-OH is 1. The van der Waals surface area contributed by atoms with Gasteiger partial charge in [0.05, 0.1) is 19.2 Å². The van der Waals surface area contributed by atoms with E-state index in [2.05, 4.69) is 20.2 Å². The number of amides is 1. The molecular weight excluding hydrogens is 282 g/mol. The van der Waals surface area contributed by atoms with Gasteiger partial charge in [0.1, 0.15) is 18.0 Å². The Labute approximate surface area is 130 Å². The van der Waals surface area contributed by atoms with Crippen molar-refractivity contribution in [3.8, 4) is 0 Å². The first-order valence-electron chi connectivity index (χ1n) is 7.99. The van der Waals surface area contributed by atoms with Crippen LogP contribution in [0.25, 0.3) is 0 Å². The molecule has 1 aromatic heterocycles. The number of aliphatic hydroxyl groups is 1. The standard InChI is InChI=1S/C15H23N5O2/c21-10-12-4-3-7-20(12)14-8-13(17-11-18-14)16-9-15(22)19-5-1-2-6-19/h8,11-12,21H,1-7,9-10H2,(H,16,17,18)/t12-/m0/s1. The molecule has 2 saturated heterocycles. The molecule has 2 fully saturated rings. The number of hydrogen-bond donors (Lipinski definition) is 2. The van der Waals surface area contributed by atoms with Gasteiger partial charge >= 0.3 is 0 Å². The van der Waals surface area contributed by atoms with Crippen LogP contribution in [0.5, 0.6) is 0 Å². The van der Waals surface area contributed by atoms with Crippen molar-refractivity contribution in [1.29, 1.82) is 0 Å². The highest BCUT2D eigenvalue weighted by molar-refractivity contribution is 5.80. The Morgan fingerprint density at radius 2 is 2.09 bits per heavy atom. The minimum Gasteiger partial charge on any atom is -0.394 e. The molecule has 2 aliphatic heterocycles. The zero-order chi connectivity index (χ0) is 15.4. The predicted molar refractivity (Wildman–Crippen MR) is 83.8 cm³/mol. The highest BCUT2D eigenvalue weighted by Crippen LogP contribution is 2.24. The SMILES string of the molecule is O=C(CNc1cc(N2CCC[C@H]2CO)ncn1)N1CCCC1. The van der Waals surface area contributed by atoms with Crippen molar-refractivity contribution >= 4 is 17.5 Å². The van der Waals surface area contributed by atoms with Gasteiger partial charge in [-0.1, -0.05) is 0 Å². The molecule has 0 aromatic carbocycles. The fraction of sp³-hybridized carbons (Fsp3) is 0.667. The van der Waals surface area contributed by atoms with Crippen LogP contribution in [-0.4, -0.2) is 64.7 Å². The average Bonchev–Trinajstić information content (AvgIpc) is 3.23. The quantitative estimate of drug-likeness (QED) is 0.823. The molecule has 2 N–H and O–H groups in total. The van der Waals surface area contributed by atoms with E-state index in [1.807, 2.05) is 11.0 Å². The molecule has 0 saturated carbocycles. The first kappa shape index (κ1) is 15.0. The molecule has 1 aromatic rings. The Kier molecular flexibility index (Phi) is 4.72. The number of rotatable bonds is 5. The lowest BCUT2D eigenvalue weighted by atomic mass is 10.2. The van der Waals surface area contributed by atoms with Gasteiger partial charge in [-0.05, 0) is 25.7 Å².